The maximum absolute atomic E-state index is 8.66. The van der Waals surface area contributed by atoms with Gasteiger partial charge in [0.15, 0.2) is 8.32 Å². The second kappa shape index (κ2) is 14.2. The average Bonchev–Trinajstić information content (AvgIpc) is 2.81. The van der Waals surface area contributed by atoms with Crippen molar-refractivity contribution in [2.75, 3.05) is 0 Å². The third-order valence-corrected chi connectivity index (χ3v) is 1.17. The summed E-state index contributed by atoms with van der Waals surface area (Å²) in [5, 5.41) is 0. The fraction of sp³-hybridized carbons (Fsp3) is 0.385. The summed E-state index contributed by atoms with van der Waals surface area (Å²) in [7, 11) is -1.61. The van der Waals surface area contributed by atoms with Crippen LogP contribution in [0.25, 0.3) is 0 Å². The maximum atomic E-state index is 8.66. The molecule has 2 aliphatic carbocycles. The van der Waals surface area contributed by atoms with E-state index in [1.165, 1.54) is 0 Å². The van der Waals surface area contributed by atoms with Crippen molar-refractivity contribution in [3.05, 3.63) is 48.6 Å². The molecular weight excluding hydrogens is 284 g/mol. The van der Waals surface area contributed by atoms with Crippen molar-refractivity contribution in [1.82, 2.24) is 0 Å². The maximum Gasteiger partial charge on any atom is 2.00 e. The van der Waals surface area contributed by atoms with E-state index in [-0.39, 0.29) is 34.1 Å². The molecule has 2 aliphatic rings. The number of hydrogen-bond acceptors (Lipinski definition) is 1. The van der Waals surface area contributed by atoms with Crippen LogP contribution in [0.2, 0.25) is 19.6 Å². The van der Waals surface area contributed by atoms with Gasteiger partial charge in [-0.15, -0.1) is 25.2 Å². The Morgan fingerprint density at radius 1 is 0.941 bits per heavy atom. The summed E-state index contributed by atoms with van der Waals surface area (Å²) in [6.07, 6.45) is 20.0. The van der Waals surface area contributed by atoms with Gasteiger partial charge < -0.3 is 4.80 Å². The van der Waals surface area contributed by atoms with Crippen molar-refractivity contribution in [2.45, 2.75) is 32.5 Å². The van der Waals surface area contributed by atoms with Gasteiger partial charge >= 0.3 is 21.7 Å². The van der Waals surface area contributed by atoms with Crippen LogP contribution in [-0.4, -0.2) is 13.1 Å². The van der Waals surface area contributed by atoms with Crippen LogP contribution in [0.4, 0.5) is 0 Å². The molecule has 0 saturated heterocycles. The predicted octanol–water partition coefficient (Wildman–Crippen LogP) is 3.84. The van der Waals surface area contributed by atoms with Crippen LogP contribution in [0, 0.1) is 12.2 Å². The zero-order chi connectivity index (χ0) is 11.6. The molecule has 0 amide bonds. The quantitative estimate of drug-likeness (QED) is 0.532. The van der Waals surface area contributed by atoms with Gasteiger partial charge in [0, 0.05) is 0 Å². The molecule has 94 valence electrons. The van der Waals surface area contributed by atoms with Crippen LogP contribution >= 0.6 is 12.4 Å². The minimum atomic E-state index is -1.61. The Morgan fingerprint density at radius 3 is 1.29 bits per heavy atom. The van der Waals surface area contributed by atoms with Crippen LogP contribution in [0.15, 0.2) is 36.5 Å². The third kappa shape index (κ3) is 31.4. The van der Waals surface area contributed by atoms with Crippen LogP contribution < -0.4 is 0 Å². The molecule has 0 spiro atoms. The predicted molar refractivity (Wildman–Crippen MR) is 76.0 cm³/mol. The number of halogens is 1. The summed E-state index contributed by atoms with van der Waals surface area (Å²) in [5.41, 5.74) is 0. The van der Waals surface area contributed by atoms with Crippen molar-refractivity contribution in [3.63, 3.8) is 0 Å². The van der Waals surface area contributed by atoms with Crippen LogP contribution in [0.1, 0.15) is 12.8 Å². The summed E-state index contributed by atoms with van der Waals surface area (Å²) in [4.78, 5) is 8.66. The molecule has 0 unspecified atom stereocenters. The Labute approximate surface area is 128 Å². The fourth-order valence-electron chi connectivity index (χ4n) is 0.680. The van der Waals surface area contributed by atoms with E-state index in [1.54, 1.807) is 0 Å². The zero-order valence-corrected chi connectivity index (χ0v) is 14.1. The Morgan fingerprint density at radius 2 is 1.24 bits per heavy atom. The average molecular weight is 305 g/mol. The second-order valence-corrected chi connectivity index (χ2v) is 8.52. The third-order valence-electron chi connectivity index (χ3n) is 1.17. The van der Waals surface area contributed by atoms with Crippen molar-refractivity contribution in [2.24, 2.45) is 0 Å². The van der Waals surface area contributed by atoms with Gasteiger partial charge in [-0.3, -0.25) is 12.2 Å². The molecule has 4 heteroatoms. The first-order chi connectivity index (χ1) is 7.00. The van der Waals surface area contributed by atoms with E-state index >= 15 is 0 Å². The molecule has 0 aliphatic heterocycles. The van der Waals surface area contributed by atoms with Crippen LogP contribution in [0.3, 0.4) is 0 Å². The second-order valence-electron chi connectivity index (χ2n) is 4.18. The molecule has 0 saturated carbocycles. The molecule has 2 rings (SSSR count). The first-order valence-electron chi connectivity index (χ1n) is 5.16. The molecule has 0 aromatic carbocycles. The topological polar surface area (TPSA) is 20.2 Å². The summed E-state index contributed by atoms with van der Waals surface area (Å²) in [6.45, 7) is 5.65. The van der Waals surface area contributed by atoms with Gasteiger partial charge in [-0.2, -0.15) is 12.2 Å². The molecule has 0 fully saturated rings. The number of hydrogen-bond donors (Lipinski definition) is 1. The monoisotopic (exact) mass is 304 g/mol. The summed E-state index contributed by atoms with van der Waals surface area (Å²) in [5.74, 6) is 0. The minimum absolute atomic E-state index is 0. The SMILES string of the molecule is C[Si](C)(C)O.Cl.[C-]1=CC=CC1.[C-]1=CC=CC1.[Ti+2]. The van der Waals surface area contributed by atoms with Gasteiger partial charge in [0.2, 0.25) is 0 Å². The van der Waals surface area contributed by atoms with E-state index in [2.05, 4.69) is 24.3 Å². The first kappa shape index (κ1) is 22.3. The van der Waals surface area contributed by atoms with Gasteiger partial charge in [-0.05, 0) is 19.6 Å². The van der Waals surface area contributed by atoms with Gasteiger partial charge in [-0.25, -0.2) is 24.3 Å². The molecular formula is C13H21ClOSiTi. The number of allylic oxidation sites excluding steroid dienone is 8. The van der Waals surface area contributed by atoms with E-state index in [9.17, 15) is 0 Å². The van der Waals surface area contributed by atoms with Gasteiger partial charge in [0.25, 0.3) is 0 Å². The molecule has 0 heterocycles. The molecule has 0 radical (unpaired) electrons. The Hall–Kier alpha value is 0.141. The first-order valence-corrected chi connectivity index (χ1v) is 8.61. The normalized spacial score (nSPS) is 13.9. The largest absolute Gasteiger partial charge is 2.00 e. The zero-order valence-electron chi connectivity index (χ0n) is 10.7. The number of rotatable bonds is 0. The molecule has 1 N–H and O–H groups in total. The molecule has 0 bridgehead atoms. The van der Waals surface area contributed by atoms with Crippen molar-refractivity contribution < 1.29 is 26.5 Å². The molecule has 0 aromatic rings. The van der Waals surface area contributed by atoms with E-state index in [0.717, 1.165) is 12.8 Å². The Balaban J connectivity index is -0.000000163. The Kier molecular flexibility index (Phi) is 18.7. The fourth-order valence-corrected chi connectivity index (χ4v) is 0.680. The van der Waals surface area contributed by atoms with Gasteiger partial charge in [0.1, 0.15) is 0 Å². The minimum Gasteiger partial charge on any atom is -0.433 e. The van der Waals surface area contributed by atoms with Crippen molar-refractivity contribution in [3.8, 4) is 0 Å². The van der Waals surface area contributed by atoms with Gasteiger partial charge in [0.05, 0.1) is 0 Å². The van der Waals surface area contributed by atoms with Gasteiger partial charge in [-0.1, -0.05) is 0 Å². The smallest absolute Gasteiger partial charge is 0.433 e. The summed E-state index contributed by atoms with van der Waals surface area (Å²) < 4.78 is 0. The standard InChI is InChI=1S/2C5H5.C3H10OSi.ClH.Ti/c2*1-2-4-5-3-1;1-5(2,3)4;;/h2*1-3H,4H2;4H,1-3H3;1H;/q2*-1;;;+2. The molecule has 17 heavy (non-hydrogen) atoms. The molecule has 0 atom stereocenters. The van der Waals surface area contributed by atoms with E-state index in [0.29, 0.717) is 0 Å². The van der Waals surface area contributed by atoms with Crippen LogP contribution in [-0.2, 0) is 21.7 Å². The molecule has 0 aromatic heterocycles. The Bertz CT molecular complexity index is 217. The van der Waals surface area contributed by atoms with E-state index < -0.39 is 8.32 Å². The van der Waals surface area contributed by atoms with E-state index in [1.807, 2.05) is 43.9 Å². The summed E-state index contributed by atoms with van der Waals surface area (Å²) in [6, 6.07) is 0. The van der Waals surface area contributed by atoms with E-state index in [4.69, 9.17) is 4.80 Å². The molecule has 1 nitrogen and oxygen atoms in total. The van der Waals surface area contributed by atoms with Crippen molar-refractivity contribution in [1.29, 1.82) is 0 Å². The summed E-state index contributed by atoms with van der Waals surface area (Å²) >= 11 is 0. The van der Waals surface area contributed by atoms with Crippen LogP contribution in [0.5, 0.6) is 0 Å². The van der Waals surface area contributed by atoms with Crippen molar-refractivity contribution >= 4 is 20.7 Å².